The third-order valence-corrected chi connectivity index (χ3v) is 3.88. The number of esters is 2. The van der Waals surface area contributed by atoms with Gasteiger partial charge in [-0.2, -0.15) is 0 Å². The van der Waals surface area contributed by atoms with Crippen molar-refractivity contribution in [1.29, 1.82) is 0 Å². The number of aliphatic carboxylic acids is 1. The van der Waals surface area contributed by atoms with Gasteiger partial charge in [0.25, 0.3) is 5.91 Å². The highest BCUT2D eigenvalue weighted by atomic mass is 16.6. The predicted molar refractivity (Wildman–Crippen MR) is 110 cm³/mol. The first-order chi connectivity index (χ1) is 13.9. The smallest absolute Gasteiger partial charge is 0.322 e. The molecule has 0 heterocycles. The second-order valence-electron chi connectivity index (χ2n) is 6.56. The summed E-state index contributed by atoms with van der Waals surface area (Å²) in [6, 6.07) is 8.47. The van der Waals surface area contributed by atoms with E-state index in [0.29, 0.717) is 18.4 Å². The molecule has 1 aromatic rings. The minimum absolute atomic E-state index is 0.353. The van der Waals surface area contributed by atoms with Gasteiger partial charge in [0.1, 0.15) is 6.54 Å². The van der Waals surface area contributed by atoms with Gasteiger partial charge in [0.2, 0.25) is 0 Å². The quantitative estimate of drug-likeness (QED) is 0.306. The third-order valence-electron chi connectivity index (χ3n) is 3.88. The number of unbranched alkanes of at least 4 members (excludes halogenated alkanes) is 5. The number of hydrogen-bond acceptors (Lipinski definition) is 5. The van der Waals surface area contributed by atoms with Gasteiger partial charge in [-0.25, -0.2) is 0 Å². The second kappa shape index (κ2) is 17.4. The van der Waals surface area contributed by atoms with Crippen molar-refractivity contribution in [1.82, 2.24) is 5.32 Å². The van der Waals surface area contributed by atoms with E-state index in [2.05, 4.69) is 19.2 Å². The molecule has 0 saturated carbocycles. The average molecular weight is 408 g/mol. The van der Waals surface area contributed by atoms with Crippen LogP contribution < -0.4 is 5.32 Å². The number of benzene rings is 1. The van der Waals surface area contributed by atoms with E-state index in [9.17, 15) is 19.2 Å². The topological polar surface area (TPSA) is 110 Å². The van der Waals surface area contributed by atoms with Gasteiger partial charge >= 0.3 is 17.9 Å². The Bertz CT molecular complexity index is 615. The fourth-order valence-electron chi connectivity index (χ4n) is 2.29. The van der Waals surface area contributed by atoms with E-state index >= 15 is 0 Å². The first kappa shape index (κ1) is 26.3. The molecular formula is C22H33NO6. The van der Waals surface area contributed by atoms with Crippen molar-refractivity contribution in [3.05, 3.63) is 35.9 Å². The molecule has 0 aromatic heterocycles. The zero-order valence-electron chi connectivity index (χ0n) is 17.4. The lowest BCUT2D eigenvalue weighted by Gasteiger charge is -2.02. The molecule has 7 nitrogen and oxygen atoms in total. The van der Waals surface area contributed by atoms with Crippen LogP contribution in [0.2, 0.25) is 0 Å². The molecule has 1 amide bonds. The monoisotopic (exact) mass is 407 g/mol. The average Bonchev–Trinajstić information content (AvgIpc) is 2.70. The number of ether oxygens (including phenoxy) is 1. The van der Waals surface area contributed by atoms with Gasteiger partial charge in [-0.05, 0) is 25.0 Å². The van der Waals surface area contributed by atoms with Crippen LogP contribution in [-0.4, -0.2) is 35.5 Å². The molecule has 0 aliphatic rings. The summed E-state index contributed by atoms with van der Waals surface area (Å²) in [5.74, 6) is -2.15. The van der Waals surface area contributed by atoms with E-state index in [1.807, 2.05) is 0 Å². The summed E-state index contributed by atoms with van der Waals surface area (Å²) >= 11 is 0. The van der Waals surface area contributed by atoms with E-state index < -0.39 is 5.97 Å². The third kappa shape index (κ3) is 16.0. The Kier molecular flexibility index (Phi) is 15.8. The molecule has 1 aromatic carbocycles. The molecule has 29 heavy (non-hydrogen) atoms. The predicted octanol–water partition coefficient (Wildman–Crippen LogP) is 4.11. The SMILES string of the molecule is CCCCCCC(=O)OC(=O)CCCCC.O=C(O)CNC(=O)c1ccccc1. The minimum atomic E-state index is -1.05. The van der Waals surface area contributed by atoms with E-state index in [1.165, 1.54) is 0 Å². The Hall–Kier alpha value is -2.70. The maximum atomic E-state index is 11.2. The molecule has 1 rings (SSSR count). The molecule has 0 atom stereocenters. The second-order valence-corrected chi connectivity index (χ2v) is 6.56. The van der Waals surface area contributed by atoms with Crippen molar-refractivity contribution in [2.45, 2.75) is 71.6 Å². The van der Waals surface area contributed by atoms with Crippen LogP contribution in [0.3, 0.4) is 0 Å². The van der Waals surface area contributed by atoms with Crippen molar-refractivity contribution in [3.8, 4) is 0 Å². The largest absolute Gasteiger partial charge is 0.480 e. The van der Waals surface area contributed by atoms with Gasteiger partial charge in [0, 0.05) is 18.4 Å². The maximum Gasteiger partial charge on any atom is 0.322 e. The van der Waals surface area contributed by atoms with Crippen LogP contribution in [0.1, 0.15) is 82.0 Å². The number of carboxylic acids is 1. The summed E-state index contributed by atoms with van der Waals surface area (Å²) in [6.07, 6.45) is 7.79. The number of carbonyl (C=O) groups is 4. The highest BCUT2D eigenvalue weighted by Crippen LogP contribution is 2.05. The number of carbonyl (C=O) groups excluding carboxylic acids is 3. The number of carboxylic acid groups (broad SMARTS) is 1. The highest BCUT2D eigenvalue weighted by Gasteiger charge is 2.09. The summed E-state index contributed by atoms with van der Waals surface area (Å²) in [5, 5.41) is 10.6. The lowest BCUT2D eigenvalue weighted by molar-refractivity contribution is -0.159. The first-order valence-electron chi connectivity index (χ1n) is 10.2. The van der Waals surface area contributed by atoms with Crippen molar-refractivity contribution >= 4 is 23.8 Å². The molecule has 0 bridgehead atoms. The van der Waals surface area contributed by atoms with Crippen LogP contribution in [-0.2, 0) is 19.1 Å². The van der Waals surface area contributed by atoms with Gasteiger partial charge < -0.3 is 15.2 Å². The number of hydrogen-bond donors (Lipinski definition) is 2. The minimum Gasteiger partial charge on any atom is -0.480 e. The normalized spacial score (nSPS) is 9.72. The van der Waals surface area contributed by atoms with Crippen LogP contribution in [0.15, 0.2) is 30.3 Å². The molecule has 0 aliphatic heterocycles. The molecule has 0 spiro atoms. The molecule has 0 aliphatic carbocycles. The fourth-order valence-corrected chi connectivity index (χ4v) is 2.29. The van der Waals surface area contributed by atoms with Gasteiger partial charge in [0.05, 0.1) is 0 Å². The molecular weight excluding hydrogens is 374 g/mol. The molecule has 7 heteroatoms. The number of rotatable bonds is 12. The van der Waals surface area contributed by atoms with Crippen LogP contribution >= 0.6 is 0 Å². The molecule has 0 radical (unpaired) electrons. The lowest BCUT2D eigenvalue weighted by Crippen LogP contribution is -2.29. The van der Waals surface area contributed by atoms with E-state index in [0.717, 1.165) is 44.9 Å². The van der Waals surface area contributed by atoms with E-state index in [-0.39, 0.29) is 24.4 Å². The van der Waals surface area contributed by atoms with Crippen LogP contribution in [0.25, 0.3) is 0 Å². The zero-order chi connectivity index (χ0) is 21.9. The standard InChI is InChI=1S/C13H24O3.C9H9NO3/c1-3-5-7-9-11-13(15)16-12(14)10-8-6-4-2;11-8(12)6-10-9(13)7-4-2-1-3-5-7/h3-11H2,1-2H3;1-5H,6H2,(H,10,13)(H,11,12). The van der Waals surface area contributed by atoms with Crippen molar-refractivity contribution in [3.63, 3.8) is 0 Å². The Balaban J connectivity index is 0.000000551. The van der Waals surface area contributed by atoms with E-state index in [1.54, 1.807) is 30.3 Å². The summed E-state index contributed by atoms with van der Waals surface area (Å²) in [4.78, 5) is 43.7. The molecule has 0 fully saturated rings. The van der Waals surface area contributed by atoms with Gasteiger partial charge in [-0.3, -0.25) is 19.2 Å². The molecule has 2 N–H and O–H groups in total. The van der Waals surface area contributed by atoms with Crippen molar-refractivity contribution in [2.24, 2.45) is 0 Å². The van der Waals surface area contributed by atoms with Gasteiger partial charge in [0.15, 0.2) is 0 Å². The summed E-state index contributed by atoms with van der Waals surface area (Å²) in [6.45, 7) is 3.84. The number of nitrogens with one attached hydrogen (secondary N) is 1. The van der Waals surface area contributed by atoms with Crippen LogP contribution in [0.4, 0.5) is 0 Å². The Morgan fingerprint density at radius 2 is 1.34 bits per heavy atom. The van der Waals surface area contributed by atoms with Gasteiger partial charge in [-0.1, -0.05) is 64.2 Å². The Morgan fingerprint density at radius 3 is 1.86 bits per heavy atom. The lowest BCUT2D eigenvalue weighted by atomic mass is 10.1. The molecule has 0 saturated heterocycles. The molecule has 162 valence electrons. The zero-order valence-corrected chi connectivity index (χ0v) is 17.4. The first-order valence-corrected chi connectivity index (χ1v) is 10.2. The van der Waals surface area contributed by atoms with E-state index in [4.69, 9.17) is 9.84 Å². The fraction of sp³-hybridized carbons (Fsp3) is 0.545. The van der Waals surface area contributed by atoms with Crippen molar-refractivity contribution in [2.75, 3.05) is 6.54 Å². The summed E-state index contributed by atoms with van der Waals surface area (Å²) in [5.41, 5.74) is 0.462. The number of amides is 1. The van der Waals surface area contributed by atoms with Crippen molar-refractivity contribution < 1.29 is 29.0 Å². The molecule has 0 unspecified atom stereocenters. The van der Waals surface area contributed by atoms with Gasteiger partial charge in [-0.15, -0.1) is 0 Å². The van der Waals surface area contributed by atoms with Crippen LogP contribution in [0.5, 0.6) is 0 Å². The summed E-state index contributed by atoms with van der Waals surface area (Å²) in [7, 11) is 0. The maximum absolute atomic E-state index is 11.2. The summed E-state index contributed by atoms with van der Waals surface area (Å²) < 4.78 is 4.70. The Labute approximate surface area is 172 Å². The van der Waals surface area contributed by atoms with Crippen LogP contribution in [0, 0.1) is 0 Å². The Morgan fingerprint density at radius 1 is 0.828 bits per heavy atom. The highest BCUT2D eigenvalue weighted by molar-refractivity contribution is 5.95.